The van der Waals surface area contributed by atoms with Gasteiger partial charge in [0, 0.05) is 23.6 Å². The topological polar surface area (TPSA) is 89.0 Å². The number of pyridine rings is 1. The number of carbonyl (C=O) groups is 2. The number of aliphatic hydroxyl groups excluding tert-OH is 1. The lowest BCUT2D eigenvalue weighted by Gasteiger charge is -2.25. The van der Waals surface area contributed by atoms with Crippen molar-refractivity contribution in [2.45, 2.75) is 6.04 Å². The fourth-order valence-corrected chi connectivity index (χ4v) is 3.72. The molecular weight excluding hydrogens is 415 g/mol. The van der Waals surface area contributed by atoms with E-state index in [1.807, 2.05) is 0 Å². The number of aromatic nitrogens is 1. The molecular formula is C24H19FN2O5. The van der Waals surface area contributed by atoms with E-state index in [1.54, 1.807) is 24.3 Å². The quantitative estimate of drug-likeness (QED) is 0.373. The Hall–Kier alpha value is -4.20. The monoisotopic (exact) mass is 434 g/mol. The molecule has 8 heteroatoms. The summed E-state index contributed by atoms with van der Waals surface area (Å²) in [4.78, 5) is 31.2. The van der Waals surface area contributed by atoms with Crippen molar-refractivity contribution < 1.29 is 28.6 Å². The number of ether oxygens (including phenoxy) is 2. The minimum atomic E-state index is -0.979. The van der Waals surface area contributed by atoms with Crippen molar-refractivity contribution >= 4 is 23.1 Å². The minimum absolute atomic E-state index is 0.127. The zero-order valence-corrected chi connectivity index (χ0v) is 17.3. The van der Waals surface area contributed by atoms with E-state index < -0.39 is 23.5 Å². The van der Waals surface area contributed by atoms with E-state index >= 15 is 0 Å². The molecule has 0 radical (unpaired) electrons. The molecule has 1 fully saturated rings. The van der Waals surface area contributed by atoms with Crippen LogP contribution < -0.4 is 14.4 Å². The third-order valence-corrected chi connectivity index (χ3v) is 5.21. The van der Waals surface area contributed by atoms with Gasteiger partial charge >= 0.3 is 0 Å². The number of methoxy groups -OCH3 is 2. The van der Waals surface area contributed by atoms with Crippen LogP contribution in [0.25, 0.3) is 5.76 Å². The van der Waals surface area contributed by atoms with Crippen LogP contribution in [-0.2, 0) is 9.59 Å². The molecule has 1 N–H and O–H groups in total. The highest BCUT2D eigenvalue weighted by atomic mass is 19.1. The molecule has 7 nitrogen and oxygen atoms in total. The van der Waals surface area contributed by atoms with Gasteiger partial charge in [0.25, 0.3) is 11.7 Å². The SMILES string of the molecule is COc1ccc(/C(O)=C2\C(=O)C(=O)N(c3cccc(F)c3)C2c2ccncc2)cc1OC. The predicted octanol–water partition coefficient (Wildman–Crippen LogP) is 3.86. The number of halogens is 1. The Bertz CT molecular complexity index is 1230. The van der Waals surface area contributed by atoms with Gasteiger partial charge in [-0.25, -0.2) is 4.39 Å². The number of hydrogen-bond donors (Lipinski definition) is 1. The fraction of sp³-hybridized carbons (Fsp3) is 0.125. The first-order valence-corrected chi connectivity index (χ1v) is 9.65. The average Bonchev–Trinajstić information content (AvgIpc) is 3.09. The summed E-state index contributed by atoms with van der Waals surface area (Å²) in [5, 5.41) is 11.1. The van der Waals surface area contributed by atoms with Gasteiger partial charge in [-0.05, 0) is 54.1 Å². The summed E-state index contributed by atoms with van der Waals surface area (Å²) >= 11 is 0. The van der Waals surface area contributed by atoms with Gasteiger partial charge in [0.15, 0.2) is 11.5 Å². The molecule has 1 aromatic heterocycles. The number of carbonyl (C=O) groups excluding carboxylic acids is 2. The van der Waals surface area contributed by atoms with E-state index in [1.165, 1.54) is 55.8 Å². The van der Waals surface area contributed by atoms with Gasteiger partial charge in [-0.1, -0.05) is 6.07 Å². The molecule has 3 aromatic rings. The maximum Gasteiger partial charge on any atom is 0.300 e. The van der Waals surface area contributed by atoms with E-state index in [0.29, 0.717) is 17.1 Å². The summed E-state index contributed by atoms with van der Waals surface area (Å²) in [5.41, 5.74) is 0.863. The van der Waals surface area contributed by atoms with E-state index in [2.05, 4.69) is 4.98 Å². The maximum atomic E-state index is 13.9. The van der Waals surface area contributed by atoms with Crippen molar-refractivity contribution in [3.8, 4) is 11.5 Å². The molecule has 0 bridgehead atoms. The zero-order chi connectivity index (χ0) is 22.8. The molecule has 0 saturated carbocycles. The average molecular weight is 434 g/mol. The van der Waals surface area contributed by atoms with Gasteiger partial charge < -0.3 is 14.6 Å². The minimum Gasteiger partial charge on any atom is -0.507 e. The van der Waals surface area contributed by atoms with Crippen LogP contribution in [-0.4, -0.2) is 36.0 Å². The second-order valence-corrected chi connectivity index (χ2v) is 7.00. The number of Topliss-reactive ketones (excluding diaryl/α,β-unsaturated/α-hetero) is 1. The number of amides is 1. The molecule has 2 heterocycles. The van der Waals surface area contributed by atoms with Gasteiger partial charge in [-0.2, -0.15) is 0 Å². The summed E-state index contributed by atoms with van der Waals surface area (Å²) in [6.45, 7) is 0. The van der Waals surface area contributed by atoms with E-state index in [0.717, 1.165) is 6.07 Å². The number of ketones is 1. The van der Waals surface area contributed by atoms with Crippen LogP contribution in [0.4, 0.5) is 10.1 Å². The van der Waals surface area contributed by atoms with E-state index in [-0.39, 0.29) is 22.6 Å². The standard InChI is InChI=1S/C24H19FN2O5/c1-31-18-7-6-15(12-19(18)32-2)22(28)20-21(14-8-10-26-11-9-14)27(24(30)23(20)29)17-5-3-4-16(25)13-17/h3-13,21,28H,1-2H3/b22-20+. The smallest absolute Gasteiger partial charge is 0.300 e. The Kier molecular flexibility index (Phi) is 5.59. The second kappa shape index (κ2) is 8.50. The van der Waals surface area contributed by atoms with E-state index in [4.69, 9.17) is 9.47 Å². The lowest BCUT2D eigenvalue weighted by Crippen LogP contribution is -2.29. The molecule has 162 valence electrons. The van der Waals surface area contributed by atoms with Gasteiger partial charge in [-0.15, -0.1) is 0 Å². The molecule has 4 rings (SSSR count). The summed E-state index contributed by atoms with van der Waals surface area (Å²) in [7, 11) is 2.92. The maximum absolute atomic E-state index is 13.9. The lowest BCUT2D eigenvalue weighted by molar-refractivity contribution is -0.132. The Morgan fingerprint density at radius 2 is 1.72 bits per heavy atom. The molecule has 32 heavy (non-hydrogen) atoms. The summed E-state index contributed by atoms with van der Waals surface area (Å²) in [6.07, 6.45) is 3.02. The summed E-state index contributed by atoms with van der Waals surface area (Å²) in [6, 6.07) is 12.3. The van der Waals surface area contributed by atoms with Crippen LogP contribution >= 0.6 is 0 Å². The second-order valence-electron chi connectivity index (χ2n) is 7.00. The first-order chi connectivity index (χ1) is 15.5. The highest BCUT2D eigenvalue weighted by Gasteiger charge is 2.47. The van der Waals surface area contributed by atoms with Crippen molar-refractivity contribution in [1.82, 2.24) is 4.98 Å². The molecule has 0 aliphatic carbocycles. The van der Waals surface area contributed by atoms with Gasteiger partial charge in [0.1, 0.15) is 11.6 Å². The van der Waals surface area contributed by atoms with Crippen molar-refractivity contribution in [3.63, 3.8) is 0 Å². The lowest BCUT2D eigenvalue weighted by atomic mass is 9.95. The highest BCUT2D eigenvalue weighted by Crippen LogP contribution is 2.42. The molecule has 0 spiro atoms. The highest BCUT2D eigenvalue weighted by molar-refractivity contribution is 6.51. The number of nitrogens with zero attached hydrogens (tertiary/aromatic N) is 2. The molecule has 2 aromatic carbocycles. The fourth-order valence-electron chi connectivity index (χ4n) is 3.72. The van der Waals surface area contributed by atoms with Crippen LogP contribution in [0.15, 0.2) is 72.6 Å². The zero-order valence-electron chi connectivity index (χ0n) is 17.3. The number of benzene rings is 2. The molecule has 1 amide bonds. The van der Waals surface area contributed by atoms with Gasteiger partial charge in [0.05, 0.1) is 25.8 Å². The van der Waals surface area contributed by atoms with Crippen molar-refractivity contribution in [2.24, 2.45) is 0 Å². The first kappa shape index (κ1) is 21.0. The Labute approximate surface area is 183 Å². The van der Waals surface area contributed by atoms with Crippen molar-refractivity contribution in [1.29, 1.82) is 0 Å². The number of aliphatic hydroxyl groups is 1. The number of anilines is 1. The van der Waals surface area contributed by atoms with E-state index in [9.17, 15) is 19.1 Å². The van der Waals surface area contributed by atoms with Gasteiger partial charge in [-0.3, -0.25) is 19.5 Å². The Balaban J connectivity index is 1.93. The Morgan fingerprint density at radius 1 is 1.00 bits per heavy atom. The van der Waals surface area contributed by atoms with Crippen LogP contribution in [0.3, 0.4) is 0 Å². The Morgan fingerprint density at radius 3 is 2.38 bits per heavy atom. The van der Waals surface area contributed by atoms with Crippen LogP contribution in [0.5, 0.6) is 11.5 Å². The van der Waals surface area contributed by atoms with Crippen molar-refractivity contribution in [3.05, 3.63) is 89.5 Å². The third-order valence-electron chi connectivity index (χ3n) is 5.21. The summed E-state index contributed by atoms with van der Waals surface area (Å²) in [5.74, 6) is -1.92. The number of rotatable bonds is 5. The first-order valence-electron chi connectivity index (χ1n) is 9.65. The largest absolute Gasteiger partial charge is 0.507 e. The van der Waals surface area contributed by atoms with Crippen LogP contribution in [0, 0.1) is 5.82 Å². The molecule has 1 atom stereocenters. The van der Waals surface area contributed by atoms with Crippen molar-refractivity contribution in [2.75, 3.05) is 19.1 Å². The molecule has 1 aliphatic rings. The third kappa shape index (κ3) is 3.56. The summed E-state index contributed by atoms with van der Waals surface area (Å²) < 4.78 is 24.4. The predicted molar refractivity (Wildman–Crippen MR) is 115 cm³/mol. The molecule has 1 aliphatic heterocycles. The van der Waals surface area contributed by atoms with Crippen LogP contribution in [0.1, 0.15) is 17.2 Å². The normalized spacial score (nSPS) is 17.5. The van der Waals surface area contributed by atoms with Gasteiger partial charge in [0.2, 0.25) is 0 Å². The van der Waals surface area contributed by atoms with Crippen LogP contribution in [0.2, 0.25) is 0 Å². The molecule has 1 saturated heterocycles. The number of hydrogen-bond acceptors (Lipinski definition) is 6. The molecule has 1 unspecified atom stereocenters.